The van der Waals surface area contributed by atoms with Gasteiger partial charge < -0.3 is 24.6 Å². The molecule has 2 aromatic carbocycles. The summed E-state index contributed by atoms with van der Waals surface area (Å²) in [5, 5.41) is 14.1. The van der Waals surface area contributed by atoms with Crippen molar-refractivity contribution in [2.24, 2.45) is 4.99 Å². The zero-order valence-corrected chi connectivity index (χ0v) is 28.9. The van der Waals surface area contributed by atoms with Crippen LogP contribution in [0.2, 0.25) is 0 Å². The van der Waals surface area contributed by atoms with Gasteiger partial charge >= 0.3 is 18.5 Å². The maximum atomic E-state index is 13.8. The van der Waals surface area contributed by atoms with E-state index in [-0.39, 0.29) is 69.2 Å². The molecule has 2 saturated heterocycles. The number of rotatable bonds is 10. The van der Waals surface area contributed by atoms with Gasteiger partial charge in [0.05, 0.1) is 22.5 Å². The van der Waals surface area contributed by atoms with Crippen molar-refractivity contribution in [1.29, 1.82) is 0 Å². The summed E-state index contributed by atoms with van der Waals surface area (Å²) in [6.07, 6.45) is -7.16. The molecule has 2 amide bonds. The molecule has 9 nitrogen and oxygen atoms in total. The molecule has 0 saturated carbocycles. The minimum Gasteiger partial charge on any atom is -0.593 e. The van der Waals surface area contributed by atoms with Crippen molar-refractivity contribution in [2.45, 2.75) is 69.2 Å². The normalized spacial score (nSPS) is 20.1. The van der Waals surface area contributed by atoms with Crippen LogP contribution in [0.15, 0.2) is 40.7 Å². The molecule has 2 aromatic rings. The summed E-state index contributed by atoms with van der Waals surface area (Å²) >= 11 is -1.65. The van der Waals surface area contributed by atoms with E-state index in [0.29, 0.717) is 17.7 Å². The van der Waals surface area contributed by atoms with Gasteiger partial charge in [-0.1, -0.05) is 0 Å². The molecule has 2 fully saturated rings. The van der Waals surface area contributed by atoms with Crippen molar-refractivity contribution in [1.82, 2.24) is 14.5 Å². The van der Waals surface area contributed by atoms with E-state index < -0.39 is 71.5 Å². The standard InChI is InChI=1S/C34H36F8N4O5S/c1-20-15-23(28(47)45-10-6-31(49,18-35)7-11-45)16-21(2)24(20)5-14-52(50)46-12-8-32(9-13-46)30(48)43-27(44-32)22-3-4-26(25(17-22)34(40,41)42)51-19-33(38,39)29(36)37/h3-5,14-17,29,49H,6-13,18-19H2,1-2H3,(H,43,44,48)/b14-5+. The molecule has 1 unspecified atom stereocenters. The zero-order valence-electron chi connectivity index (χ0n) is 28.0. The lowest BCUT2D eigenvalue weighted by Gasteiger charge is -2.36. The van der Waals surface area contributed by atoms with Crippen LogP contribution in [0.1, 0.15) is 63.9 Å². The SMILES string of the molecule is Cc1cc(C(=O)N2CCC(O)(CF)CC2)cc(C)c1/C=C/[S+]([O-])N1CCC2(CC1)N=C(c1ccc(OCC(F)(F)C(F)F)c(C(F)(F)F)c1)NC2=O. The predicted octanol–water partition coefficient (Wildman–Crippen LogP) is 5.58. The number of aliphatic imine (C=N–C) groups is 1. The maximum absolute atomic E-state index is 13.8. The molecule has 0 aromatic heterocycles. The van der Waals surface area contributed by atoms with Gasteiger partial charge in [0.2, 0.25) is 0 Å². The number of hydrogen-bond donors (Lipinski definition) is 2. The number of halogens is 8. The van der Waals surface area contributed by atoms with E-state index in [1.807, 2.05) is 0 Å². The van der Waals surface area contributed by atoms with Crippen LogP contribution in [-0.2, 0) is 22.3 Å². The van der Waals surface area contributed by atoms with E-state index in [9.17, 15) is 54.4 Å². The Morgan fingerprint density at radius 3 is 2.23 bits per heavy atom. The highest BCUT2D eigenvalue weighted by atomic mass is 32.2. The smallest absolute Gasteiger partial charge is 0.419 e. The minimum absolute atomic E-state index is 0.0754. The van der Waals surface area contributed by atoms with Crippen molar-refractivity contribution in [3.63, 3.8) is 0 Å². The lowest BCUT2D eigenvalue weighted by molar-refractivity contribution is -0.153. The van der Waals surface area contributed by atoms with Gasteiger partial charge in [-0.25, -0.2) is 13.2 Å². The monoisotopic (exact) mass is 764 g/mol. The number of piperidine rings is 2. The van der Waals surface area contributed by atoms with E-state index in [1.165, 1.54) is 5.41 Å². The Morgan fingerprint density at radius 1 is 1.06 bits per heavy atom. The first-order valence-electron chi connectivity index (χ1n) is 16.2. The van der Waals surface area contributed by atoms with Crippen LogP contribution in [-0.4, -0.2) is 99.5 Å². The van der Waals surface area contributed by atoms with Crippen molar-refractivity contribution in [3.8, 4) is 5.75 Å². The number of aryl methyl sites for hydroxylation is 2. The Balaban J connectivity index is 1.23. The molecule has 0 aliphatic carbocycles. The molecule has 1 spiro atoms. The lowest BCUT2D eigenvalue weighted by atomic mass is 9.89. The molecule has 18 heteroatoms. The van der Waals surface area contributed by atoms with E-state index in [4.69, 9.17) is 0 Å². The molecule has 52 heavy (non-hydrogen) atoms. The Kier molecular flexibility index (Phi) is 11.3. The number of amides is 2. The number of nitrogens with one attached hydrogen (secondary N) is 1. The number of alkyl halides is 8. The van der Waals surface area contributed by atoms with Crippen LogP contribution in [0.4, 0.5) is 35.1 Å². The van der Waals surface area contributed by atoms with Gasteiger partial charge in [0.1, 0.15) is 29.2 Å². The Morgan fingerprint density at radius 2 is 1.67 bits per heavy atom. The van der Waals surface area contributed by atoms with Crippen molar-refractivity contribution in [2.75, 3.05) is 39.5 Å². The first-order chi connectivity index (χ1) is 24.3. The highest BCUT2D eigenvalue weighted by molar-refractivity contribution is 7.92. The van der Waals surface area contributed by atoms with E-state index in [0.717, 1.165) is 22.8 Å². The molecule has 3 heterocycles. The third-order valence-electron chi connectivity index (χ3n) is 9.50. The average Bonchev–Trinajstić information content (AvgIpc) is 3.41. The number of ether oxygens (including phenoxy) is 1. The summed E-state index contributed by atoms with van der Waals surface area (Å²) in [6.45, 7) is 1.48. The Labute approximate surface area is 297 Å². The number of hydrogen-bond acceptors (Lipinski definition) is 7. The highest BCUT2D eigenvalue weighted by Crippen LogP contribution is 2.39. The van der Waals surface area contributed by atoms with Gasteiger partial charge in [-0.15, -0.1) is 4.31 Å². The highest BCUT2D eigenvalue weighted by Gasteiger charge is 2.48. The molecule has 5 rings (SSSR count). The largest absolute Gasteiger partial charge is 0.593 e. The molecule has 3 aliphatic rings. The van der Waals surface area contributed by atoms with E-state index >= 15 is 0 Å². The number of likely N-dealkylation sites (tertiary alicyclic amines) is 1. The van der Waals surface area contributed by atoms with Gasteiger partial charge in [0.25, 0.3) is 11.8 Å². The number of benzene rings is 2. The quantitative estimate of drug-likeness (QED) is 0.241. The third-order valence-corrected chi connectivity index (χ3v) is 10.7. The van der Waals surface area contributed by atoms with Crippen molar-refractivity contribution in [3.05, 3.63) is 69.1 Å². The van der Waals surface area contributed by atoms with Crippen LogP contribution in [0.3, 0.4) is 0 Å². The average molecular weight is 765 g/mol. The van der Waals surface area contributed by atoms with Crippen LogP contribution in [0.5, 0.6) is 5.75 Å². The Bertz CT molecular complexity index is 1720. The summed E-state index contributed by atoms with van der Waals surface area (Å²) in [5.74, 6) is -6.80. The summed E-state index contributed by atoms with van der Waals surface area (Å²) in [4.78, 5) is 32.1. The van der Waals surface area contributed by atoms with Crippen LogP contribution < -0.4 is 10.1 Å². The summed E-state index contributed by atoms with van der Waals surface area (Å²) < 4.78 is 125. The molecule has 0 bridgehead atoms. The van der Waals surface area contributed by atoms with Crippen molar-refractivity contribution < 1.29 is 59.1 Å². The van der Waals surface area contributed by atoms with Crippen molar-refractivity contribution >= 4 is 35.1 Å². The van der Waals surface area contributed by atoms with Gasteiger partial charge in [0, 0.05) is 37.3 Å². The summed E-state index contributed by atoms with van der Waals surface area (Å²) in [6, 6.07) is 5.66. The maximum Gasteiger partial charge on any atom is 0.419 e. The number of nitrogens with zero attached hydrogens (tertiary/aromatic N) is 3. The fourth-order valence-corrected chi connectivity index (χ4v) is 7.27. The first kappa shape index (κ1) is 39.5. The van der Waals surface area contributed by atoms with Gasteiger partial charge in [-0.3, -0.25) is 14.6 Å². The molecule has 1 atom stereocenters. The van der Waals surface area contributed by atoms with Crippen LogP contribution in [0, 0.1) is 13.8 Å². The molecular formula is C34H36F8N4O5S. The van der Waals surface area contributed by atoms with Crippen LogP contribution in [0.25, 0.3) is 6.08 Å². The summed E-state index contributed by atoms with van der Waals surface area (Å²) in [5.41, 5.74) is -1.83. The third kappa shape index (κ3) is 8.39. The van der Waals surface area contributed by atoms with Gasteiger partial charge in [0.15, 0.2) is 6.61 Å². The second kappa shape index (κ2) is 14.9. The second-order valence-corrected chi connectivity index (χ2v) is 14.5. The lowest BCUT2D eigenvalue weighted by Crippen LogP contribution is -2.50. The zero-order chi connectivity index (χ0) is 38.2. The molecule has 0 radical (unpaired) electrons. The molecule has 284 valence electrons. The molecular weight excluding hydrogens is 728 g/mol. The summed E-state index contributed by atoms with van der Waals surface area (Å²) in [7, 11) is 0. The topological polar surface area (TPSA) is 118 Å². The minimum atomic E-state index is -5.12. The predicted molar refractivity (Wildman–Crippen MR) is 175 cm³/mol. The van der Waals surface area contributed by atoms with Gasteiger partial charge in [-0.05, 0) is 92.6 Å². The number of carbonyl (C=O) groups excluding carboxylic acids is 2. The number of carbonyl (C=O) groups is 2. The van der Waals surface area contributed by atoms with E-state index in [1.54, 1.807) is 41.3 Å². The number of aliphatic hydroxyl groups is 1. The fourth-order valence-electron chi connectivity index (χ4n) is 6.31. The van der Waals surface area contributed by atoms with Gasteiger partial charge in [-0.2, -0.15) is 22.0 Å². The molecule has 3 aliphatic heterocycles. The second-order valence-electron chi connectivity index (χ2n) is 13.2. The van der Waals surface area contributed by atoms with Crippen LogP contribution >= 0.6 is 0 Å². The first-order valence-corrected chi connectivity index (χ1v) is 17.4. The van der Waals surface area contributed by atoms with E-state index in [2.05, 4.69) is 15.0 Å². The number of amidine groups is 1. The Hall–Kier alpha value is -3.74. The fraction of sp³-hybridized carbons (Fsp3) is 0.500. The molecule has 2 N–H and O–H groups in total.